The third kappa shape index (κ3) is 7.75. The Bertz CT molecular complexity index is 492. The number of hydrogen-bond acceptors (Lipinski definition) is 4. The van der Waals surface area contributed by atoms with Gasteiger partial charge in [0, 0.05) is 56.2 Å². The topological polar surface area (TPSA) is 44.4 Å². The minimum atomic E-state index is 0. The van der Waals surface area contributed by atoms with Crippen molar-refractivity contribution in [2.75, 3.05) is 31.1 Å². The van der Waals surface area contributed by atoms with Gasteiger partial charge in [-0.25, -0.2) is 0 Å². The van der Waals surface area contributed by atoms with Crippen LogP contribution in [0.5, 0.6) is 0 Å². The summed E-state index contributed by atoms with van der Waals surface area (Å²) in [4.78, 5) is 14.7. The van der Waals surface area contributed by atoms with Gasteiger partial charge in [-0.1, -0.05) is 30.3 Å². The molecule has 0 spiro atoms. The van der Waals surface area contributed by atoms with Crippen LogP contribution in [0.1, 0.15) is 24.8 Å². The van der Waals surface area contributed by atoms with Gasteiger partial charge in [0.1, 0.15) is 0 Å². The third-order valence-electron chi connectivity index (χ3n) is 4.63. The van der Waals surface area contributed by atoms with Gasteiger partial charge in [0.05, 0.1) is 0 Å². The lowest BCUT2D eigenvalue weighted by molar-refractivity contribution is -0.122. The van der Waals surface area contributed by atoms with E-state index in [-0.39, 0.29) is 30.7 Å². The monoisotopic (exact) mass is 405 g/mol. The molecule has 25 heavy (non-hydrogen) atoms. The fourth-order valence-corrected chi connectivity index (χ4v) is 4.29. The second kappa shape index (κ2) is 12.0. The Morgan fingerprint density at radius 3 is 2.56 bits per heavy atom. The van der Waals surface area contributed by atoms with Crippen LogP contribution in [0.4, 0.5) is 0 Å². The second-order valence-electron chi connectivity index (χ2n) is 6.53. The Hall–Kier alpha value is -0.460. The molecule has 1 atom stereocenters. The van der Waals surface area contributed by atoms with E-state index in [0.717, 1.165) is 50.5 Å². The summed E-state index contributed by atoms with van der Waals surface area (Å²) in [6.07, 6.45) is 2.74. The van der Waals surface area contributed by atoms with E-state index < -0.39 is 0 Å². The van der Waals surface area contributed by atoms with Crippen LogP contribution in [0.2, 0.25) is 0 Å². The van der Waals surface area contributed by atoms with Crippen LogP contribution in [0.25, 0.3) is 0 Å². The van der Waals surface area contributed by atoms with E-state index in [1.165, 1.54) is 5.56 Å². The highest BCUT2D eigenvalue weighted by atomic mass is 35.5. The molecule has 4 nitrogen and oxygen atoms in total. The molecule has 2 heterocycles. The second-order valence-corrected chi connectivity index (χ2v) is 7.68. The van der Waals surface area contributed by atoms with E-state index in [1.54, 1.807) is 0 Å². The normalized spacial score (nSPS) is 21.7. The number of benzene rings is 1. The van der Waals surface area contributed by atoms with Gasteiger partial charge in [-0.3, -0.25) is 9.69 Å². The van der Waals surface area contributed by atoms with Crippen molar-refractivity contribution in [1.82, 2.24) is 15.5 Å². The predicted molar refractivity (Wildman–Crippen MR) is 111 cm³/mol. The van der Waals surface area contributed by atoms with E-state index >= 15 is 0 Å². The third-order valence-corrected chi connectivity index (χ3v) is 5.76. The van der Waals surface area contributed by atoms with Gasteiger partial charge in [0.15, 0.2) is 0 Å². The van der Waals surface area contributed by atoms with Crippen LogP contribution in [0.15, 0.2) is 30.3 Å². The largest absolute Gasteiger partial charge is 0.353 e. The number of likely N-dealkylation sites (tertiary alicyclic amines) is 1. The molecule has 0 bridgehead atoms. The lowest BCUT2D eigenvalue weighted by atomic mass is 10.0. The molecule has 1 aromatic rings. The predicted octanol–water partition coefficient (Wildman–Crippen LogP) is 2.71. The van der Waals surface area contributed by atoms with Crippen molar-refractivity contribution in [3.63, 3.8) is 0 Å². The molecule has 1 amide bonds. The number of amides is 1. The molecule has 2 fully saturated rings. The number of halogens is 2. The van der Waals surface area contributed by atoms with Crippen molar-refractivity contribution in [3.8, 4) is 0 Å². The molecular formula is C18H29Cl2N3OS. The van der Waals surface area contributed by atoms with Gasteiger partial charge in [0.25, 0.3) is 0 Å². The average Bonchev–Trinajstić information content (AvgIpc) is 2.58. The molecule has 1 aromatic carbocycles. The molecule has 2 aliphatic rings. The van der Waals surface area contributed by atoms with E-state index in [2.05, 4.69) is 45.9 Å². The quantitative estimate of drug-likeness (QED) is 0.789. The number of carbonyl (C=O) groups is 1. The number of hydrogen-bond donors (Lipinski definition) is 2. The van der Waals surface area contributed by atoms with Crippen molar-refractivity contribution in [3.05, 3.63) is 35.9 Å². The molecule has 0 aliphatic carbocycles. The Labute approximate surface area is 167 Å². The van der Waals surface area contributed by atoms with Crippen LogP contribution >= 0.6 is 36.6 Å². The summed E-state index contributed by atoms with van der Waals surface area (Å²) in [5.41, 5.74) is 1.37. The molecule has 2 N–H and O–H groups in total. The highest BCUT2D eigenvalue weighted by Gasteiger charge is 2.22. The SMILES string of the molecule is Cl.Cl.O=C(CC1CSCCN1)NC1CCN(Cc2ccccc2)CC1. The fourth-order valence-electron chi connectivity index (χ4n) is 3.34. The Morgan fingerprint density at radius 2 is 1.92 bits per heavy atom. The highest BCUT2D eigenvalue weighted by Crippen LogP contribution is 2.15. The number of rotatable bonds is 5. The number of piperidine rings is 1. The minimum Gasteiger partial charge on any atom is -0.353 e. The van der Waals surface area contributed by atoms with Gasteiger partial charge >= 0.3 is 0 Å². The number of nitrogens with zero attached hydrogens (tertiary/aromatic N) is 1. The van der Waals surface area contributed by atoms with Crippen molar-refractivity contribution in [2.24, 2.45) is 0 Å². The van der Waals surface area contributed by atoms with Crippen LogP contribution in [-0.4, -0.2) is 54.0 Å². The number of nitrogens with one attached hydrogen (secondary N) is 2. The van der Waals surface area contributed by atoms with Crippen LogP contribution in [-0.2, 0) is 11.3 Å². The molecule has 0 aromatic heterocycles. The Morgan fingerprint density at radius 1 is 1.20 bits per heavy atom. The maximum atomic E-state index is 12.2. The van der Waals surface area contributed by atoms with Gasteiger partial charge in [0.2, 0.25) is 5.91 Å². The van der Waals surface area contributed by atoms with Crippen molar-refractivity contribution in [2.45, 2.75) is 37.9 Å². The first kappa shape index (κ1) is 22.6. The van der Waals surface area contributed by atoms with Gasteiger partial charge in [-0.2, -0.15) is 11.8 Å². The summed E-state index contributed by atoms with van der Waals surface area (Å²) in [7, 11) is 0. The number of thioether (sulfide) groups is 1. The molecule has 1 unspecified atom stereocenters. The summed E-state index contributed by atoms with van der Waals surface area (Å²) in [6, 6.07) is 11.3. The lowest BCUT2D eigenvalue weighted by Gasteiger charge is -2.33. The summed E-state index contributed by atoms with van der Waals surface area (Å²) in [5, 5.41) is 6.67. The zero-order chi connectivity index (χ0) is 15.9. The molecule has 142 valence electrons. The van der Waals surface area contributed by atoms with Crippen molar-refractivity contribution < 1.29 is 4.79 Å². The molecule has 2 saturated heterocycles. The van der Waals surface area contributed by atoms with Crippen LogP contribution in [0, 0.1) is 0 Å². The zero-order valence-corrected chi connectivity index (χ0v) is 16.9. The lowest BCUT2D eigenvalue weighted by Crippen LogP contribution is -2.47. The van der Waals surface area contributed by atoms with E-state index in [1.807, 2.05) is 11.8 Å². The molecule has 0 saturated carbocycles. The molecular weight excluding hydrogens is 377 g/mol. The molecule has 0 radical (unpaired) electrons. The van der Waals surface area contributed by atoms with E-state index in [9.17, 15) is 4.79 Å². The van der Waals surface area contributed by atoms with Crippen LogP contribution < -0.4 is 10.6 Å². The van der Waals surface area contributed by atoms with Crippen molar-refractivity contribution >= 4 is 42.5 Å². The van der Waals surface area contributed by atoms with Gasteiger partial charge < -0.3 is 10.6 Å². The average molecular weight is 406 g/mol. The van der Waals surface area contributed by atoms with E-state index in [0.29, 0.717) is 18.5 Å². The van der Waals surface area contributed by atoms with E-state index in [4.69, 9.17) is 0 Å². The zero-order valence-electron chi connectivity index (χ0n) is 14.5. The maximum absolute atomic E-state index is 12.2. The Balaban J connectivity index is 0.00000156. The van der Waals surface area contributed by atoms with Gasteiger partial charge in [-0.05, 0) is 18.4 Å². The number of carbonyl (C=O) groups excluding carboxylic acids is 1. The smallest absolute Gasteiger partial charge is 0.221 e. The minimum absolute atomic E-state index is 0. The molecule has 7 heteroatoms. The first-order chi connectivity index (χ1) is 11.3. The first-order valence-electron chi connectivity index (χ1n) is 8.66. The summed E-state index contributed by atoms with van der Waals surface area (Å²) < 4.78 is 0. The standard InChI is InChI=1S/C18H27N3OS.2ClH/c22-18(12-17-14-23-11-8-19-17)20-16-6-9-21(10-7-16)13-15-4-2-1-3-5-15;;/h1-5,16-17,19H,6-14H2,(H,20,22);2*1H. The summed E-state index contributed by atoms with van der Waals surface area (Å²) in [6.45, 7) is 4.18. The van der Waals surface area contributed by atoms with Crippen molar-refractivity contribution in [1.29, 1.82) is 0 Å². The highest BCUT2D eigenvalue weighted by molar-refractivity contribution is 7.99. The van der Waals surface area contributed by atoms with Crippen LogP contribution in [0.3, 0.4) is 0 Å². The molecule has 2 aliphatic heterocycles. The Kier molecular flexibility index (Phi) is 10.9. The molecule has 3 rings (SSSR count). The summed E-state index contributed by atoms with van der Waals surface area (Å²) in [5.74, 6) is 2.44. The maximum Gasteiger partial charge on any atom is 0.221 e. The summed E-state index contributed by atoms with van der Waals surface area (Å²) >= 11 is 1.94. The first-order valence-corrected chi connectivity index (χ1v) is 9.82. The van der Waals surface area contributed by atoms with Gasteiger partial charge in [-0.15, -0.1) is 24.8 Å². The fraction of sp³-hybridized carbons (Fsp3) is 0.611.